The van der Waals surface area contributed by atoms with Crippen LogP contribution in [-0.2, 0) is 10.1 Å². The third-order valence-electron chi connectivity index (χ3n) is 7.26. The number of unbranched alkanes of at least 4 members (excludes halogenated alkanes) is 27. The van der Waals surface area contributed by atoms with Gasteiger partial charge in [-0.05, 0) is 6.42 Å². The molecule has 0 aliphatic carbocycles. The Labute approximate surface area is 215 Å². The van der Waals surface area contributed by atoms with Crippen LogP contribution >= 0.6 is 0 Å². The lowest BCUT2D eigenvalue weighted by Gasteiger charge is -2.04. The van der Waals surface area contributed by atoms with E-state index in [0.717, 1.165) is 12.8 Å². The zero-order valence-corrected chi connectivity index (χ0v) is 24.0. The highest BCUT2D eigenvalue weighted by atomic mass is 32.2. The minimum atomic E-state index is -3.75. The van der Waals surface area contributed by atoms with Crippen LogP contribution in [0.15, 0.2) is 0 Å². The third-order valence-corrected chi connectivity index (χ3v) is 8.06. The predicted molar refractivity (Wildman–Crippen MR) is 151 cm³/mol. The summed E-state index contributed by atoms with van der Waals surface area (Å²) < 4.78 is 30.0. The Morgan fingerprint density at radius 2 is 0.529 bits per heavy atom. The van der Waals surface area contributed by atoms with E-state index in [2.05, 4.69) is 6.92 Å². The van der Waals surface area contributed by atoms with E-state index < -0.39 is 10.1 Å². The molecule has 0 saturated heterocycles. The molecule has 0 unspecified atom stereocenters. The van der Waals surface area contributed by atoms with Crippen molar-refractivity contribution in [2.24, 2.45) is 0 Å². The molecule has 0 rings (SSSR count). The molecule has 0 radical (unpaired) electrons. The summed E-state index contributed by atoms with van der Waals surface area (Å²) in [4.78, 5) is 0. The van der Waals surface area contributed by atoms with Crippen LogP contribution in [0.3, 0.4) is 0 Å². The Bertz CT molecular complexity index is 475. The molecule has 4 heteroatoms. The summed E-state index contributed by atoms with van der Waals surface area (Å²) in [5.41, 5.74) is 0. The van der Waals surface area contributed by atoms with Crippen molar-refractivity contribution in [3.63, 3.8) is 0 Å². The van der Waals surface area contributed by atoms with Crippen LogP contribution in [0.2, 0.25) is 0 Å². The molecule has 206 valence electrons. The van der Waals surface area contributed by atoms with Gasteiger partial charge in [0.2, 0.25) is 0 Å². The fraction of sp³-hybridized carbons (Fsp3) is 1.00. The summed E-state index contributed by atoms with van der Waals surface area (Å²) in [5.74, 6) is -0.0769. The average molecular weight is 503 g/mol. The Hall–Kier alpha value is -0.0900. The summed E-state index contributed by atoms with van der Waals surface area (Å²) in [6, 6.07) is 0. The molecule has 0 amide bonds. The quantitative estimate of drug-likeness (QED) is 0.0817. The van der Waals surface area contributed by atoms with E-state index in [0.29, 0.717) is 6.42 Å². The molecular formula is C30H62O3S. The second-order valence-corrected chi connectivity index (χ2v) is 12.4. The van der Waals surface area contributed by atoms with Crippen LogP contribution in [0.4, 0.5) is 0 Å². The molecule has 0 atom stereocenters. The minimum Gasteiger partial charge on any atom is -0.286 e. The molecule has 0 aliphatic rings. The lowest BCUT2D eigenvalue weighted by molar-refractivity contribution is 0.478. The second kappa shape index (κ2) is 27.5. The summed E-state index contributed by atoms with van der Waals surface area (Å²) in [7, 11) is -3.75. The van der Waals surface area contributed by atoms with Gasteiger partial charge in [-0.2, -0.15) is 8.42 Å². The van der Waals surface area contributed by atoms with Gasteiger partial charge in [-0.1, -0.05) is 180 Å². The first kappa shape index (κ1) is 33.9. The standard InChI is InChI=1S/C30H62O3S/c1-2-3-4-5-6-7-8-9-10-11-12-13-14-15-16-17-18-19-20-21-22-23-24-25-26-27-28-29-30-34(31,32)33/h2-30H2,1H3,(H,31,32,33). The first-order chi connectivity index (χ1) is 16.6. The molecule has 34 heavy (non-hydrogen) atoms. The smallest absolute Gasteiger partial charge is 0.264 e. The van der Waals surface area contributed by atoms with Crippen molar-refractivity contribution in [3.05, 3.63) is 0 Å². The zero-order chi connectivity index (χ0) is 25.0. The molecule has 0 aliphatic heterocycles. The fourth-order valence-corrected chi connectivity index (χ4v) is 5.52. The fourth-order valence-electron chi connectivity index (χ4n) is 4.95. The summed E-state index contributed by atoms with van der Waals surface area (Å²) in [6.07, 6.45) is 38.0. The van der Waals surface area contributed by atoms with Crippen LogP contribution in [-0.4, -0.2) is 18.7 Å². The molecule has 0 spiro atoms. The minimum absolute atomic E-state index is 0.0769. The molecule has 0 aromatic rings. The number of hydrogen-bond donors (Lipinski definition) is 1. The van der Waals surface area contributed by atoms with E-state index >= 15 is 0 Å². The van der Waals surface area contributed by atoms with Gasteiger partial charge in [0.05, 0.1) is 5.75 Å². The highest BCUT2D eigenvalue weighted by Crippen LogP contribution is 2.16. The monoisotopic (exact) mass is 502 g/mol. The van der Waals surface area contributed by atoms with Gasteiger partial charge in [0.25, 0.3) is 10.1 Å². The largest absolute Gasteiger partial charge is 0.286 e. The number of hydrogen-bond acceptors (Lipinski definition) is 2. The van der Waals surface area contributed by atoms with Gasteiger partial charge in [0.1, 0.15) is 0 Å². The third kappa shape index (κ3) is 31.9. The SMILES string of the molecule is CCCCCCCCCCCCCCCCCCCCCCCCCCCCCCS(=O)(=O)O. The van der Waals surface area contributed by atoms with Crippen molar-refractivity contribution in [1.29, 1.82) is 0 Å². The topological polar surface area (TPSA) is 54.4 Å². The Morgan fingerprint density at radius 3 is 0.706 bits per heavy atom. The van der Waals surface area contributed by atoms with Gasteiger partial charge in [0.15, 0.2) is 0 Å². The van der Waals surface area contributed by atoms with Gasteiger partial charge in [-0.3, -0.25) is 4.55 Å². The normalized spacial score (nSPS) is 11.9. The predicted octanol–water partition coefficient (Wildman–Crippen LogP) is 10.8. The van der Waals surface area contributed by atoms with E-state index in [1.165, 1.54) is 161 Å². The van der Waals surface area contributed by atoms with E-state index in [4.69, 9.17) is 4.55 Å². The van der Waals surface area contributed by atoms with E-state index in [1.807, 2.05) is 0 Å². The van der Waals surface area contributed by atoms with Crippen molar-refractivity contribution in [2.75, 3.05) is 5.75 Å². The highest BCUT2D eigenvalue weighted by Gasteiger charge is 2.03. The first-order valence-electron chi connectivity index (χ1n) is 15.5. The lowest BCUT2D eigenvalue weighted by atomic mass is 10.0. The molecule has 1 N–H and O–H groups in total. The van der Waals surface area contributed by atoms with Gasteiger partial charge < -0.3 is 0 Å². The van der Waals surface area contributed by atoms with Gasteiger partial charge in [0, 0.05) is 0 Å². The Balaban J connectivity index is 3.04. The maximum absolute atomic E-state index is 10.6. The molecule has 0 heterocycles. The summed E-state index contributed by atoms with van der Waals surface area (Å²) in [6.45, 7) is 2.29. The summed E-state index contributed by atoms with van der Waals surface area (Å²) >= 11 is 0. The Kier molecular flexibility index (Phi) is 27.4. The van der Waals surface area contributed by atoms with Gasteiger partial charge in [-0.15, -0.1) is 0 Å². The van der Waals surface area contributed by atoms with E-state index in [9.17, 15) is 8.42 Å². The molecular weight excluding hydrogens is 440 g/mol. The Morgan fingerprint density at radius 1 is 0.353 bits per heavy atom. The maximum Gasteiger partial charge on any atom is 0.264 e. The molecule has 0 saturated carbocycles. The van der Waals surface area contributed by atoms with Crippen LogP contribution in [0, 0.1) is 0 Å². The number of rotatable bonds is 29. The van der Waals surface area contributed by atoms with Crippen molar-refractivity contribution in [3.8, 4) is 0 Å². The summed E-state index contributed by atoms with van der Waals surface area (Å²) in [5, 5.41) is 0. The molecule has 0 bridgehead atoms. The van der Waals surface area contributed by atoms with Crippen LogP contribution in [0.25, 0.3) is 0 Å². The molecule has 0 fully saturated rings. The van der Waals surface area contributed by atoms with Crippen molar-refractivity contribution in [1.82, 2.24) is 0 Å². The molecule has 3 nitrogen and oxygen atoms in total. The van der Waals surface area contributed by atoms with Crippen LogP contribution < -0.4 is 0 Å². The van der Waals surface area contributed by atoms with E-state index in [1.54, 1.807) is 0 Å². The van der Waals surface area contributed by atoms with Gasteiger partial charge in [-0.25, -0.2) is 0 Å². The van der Waals surface area contributed by atoms with Crippen molar-refractivity contribution >= 4 is 10.1 Å². The highest BCUT2D eigenvalue weighted by molar-refractivity contribution is 7.85. The maximum atomic E-state index is 10.6. The van der Waals surface area contributed by atoms with Crippen LogP contribution in [0.5, 0.6) is 0 Å². The van der Waals surface area contributed by atoms with Gasteiger partial charge >= 0.3 is 0 Å². The second-order valence-electron chi connectivity index (χ2n) is 10.8. The molecule has 0 aromatic carbocycles. The van der Waals surface area contributed by atoms with Crippen molar-refractivity contribution < 1.29 is 13.0 Å². The zero-order valence-electron chi connectivity index (χ0n) is 23.2. The molecule has 0 aromatic heterocycles. The lowest BCUT2D eigenvalue weighted by Crippen LogP contribution is -2.03. The average Bonchev–Trinajstić information content (AvgIpc) is 2.80. The van der Waals surface area contributed by atoms with Crippen LogP contribution in [0.1, 0.15) is 187 Å². The first-order valence-corrected chi connectivity index (χ1v) is 17.1. The van der Waals surface area contributed by atoms with E-state index in [-0.39, 0.29) is 5.75 Å². The van der Waals surface area contributed by atoms with Crippen molar-refractivity contribution in [2.45, 2.75) is 187 Å².